The van der Waals surface area contributed by atoms with Crippen LogP contribution >= 0.6 is 0 Å². The molecule has 0 bridgehead atoms. The zero-order chi connectivity index (χ0) is 12.3. The van der Waals surface area contributed by atoms with Crippen LogP contribution in [0.4, 0.5) is 0 Å². The Morgan fingerprint density at radius 2 is 1.88 bits per heavy atom. The number of nitrogens with two attached hydrogens (primary N) is 1. The van der Waals surface area contributed by atoms with Gasteiger partial charge >= 0.3 is 5.97 Å². The monoisotopic (exact) mass is 228 g/mol. The number of carboxylic acids is 1. The van der Waals surface area contributed by atoms with Gasteiger partial charge in [-0.15, -0.1) is 0 Å². The predicted octanol–water partition coefficient (Wildman–Crippen LogP) is 1.83. The number of hydrogen-bond acceptors (Lipinski definition) is 3. The van der Waals surface area contributed by atoms with Crippen molar-refractivity contribution in [1.82, 2.24) is 4.98 Å². The van der Waals surface area contributed by atoms with Gasteiger partial charge in [-0.2, -0.15) is 0 Å². The van der Waals surface area contributed by atoms with Gasteiger partial charge in [-0.3, -0.25) is 4.98 Å². The Bertz CT molecular complexity index is 509. The molecule has 1 atom stereocenters. The first-order chi connectivity index (χ1) is 8.18. The molecule has 0 spiro atoms. The molecule has 0 aliphatic heterocycles. The van der Waals surface area contributed by atoms with E-state index in [4.69, 9.17) is 10.8 Å². The lowest BCUT2D eigenvalue weighted by Gasteiger charge is -2.11. The van der Waals surface area contributed by atoms with E-state index in [0.29, 0.717) is 0 Å². The maximum Gasteiger partial charge on any atom is 0.335 e. The fourth-order valence-corrected chi connectivity index (χ4v) is 1.59. The topological polar surface area (TPSA) is 76.2 Å². The van der Waals surface area contributed by atoms with Gasteiger partial charge in [0.25, 0.3) is 0 Å². The summed E-state index contributed by atoms with van der Waals surface area (Å²) in [7, 11) is 0. The molecule has 4 heteroatoms. The highest BCUT2D eigenvalue weighted by molar-refractivity contribution is 5.87. The molecule has 4 nitrogen and oxygen atoms in total. The van der Waals surface area contributed by atoms with E-state index < -0.39 is 5.97 Å². The van der Waals surface area contributed by atoms with Gasteiger partial charge in [0.1, 0.15) is 0 Å². The molecule has 3 N–H and O–H groups in total. The average molecular weight is 228 g/mol. The number of benzene rings is 1. The molecule has 0 saturated carbocycles. The molecule has 0 aliphatic rings. The molecule has 0 amide bonds. The molecule has 1 aromatic carbocycles. The van der Waals surface area contributed by atoms with Gasteiger partial charge in [-0.05, 0) is 29.3 Å². The second-order valence-electron chi connectivity index (χ2n) is 3.69. The first kappa shape index (κ1) is 11.3. The summed E-state index contributed by atoms with van der Waals surface area (Å²) in [6.45, 7) is 0. The fourth-order valence-electron chi connectivity index (χ4n) is 1.59. The van der Waals surface area contributed by atoms with Crippen LogP contribution in [0.1, 0.15) is 27.5 Å². The summed E-state index contributed by atoms with van der Waals surface area (Å²) in [6, 6.07) is 9.97. The number of pyridine rings is 1. The molecule has 2 aromatic rings. The first-order valence-electron chi connectivity index (χ1n) is 5.17. The normalized spacial score (nSPS) is 12.1. The average Bonchev–Trinajstić information content (AvgIpc) is 2.39. The Morgan fingerprint density at radius 1 is 1.18 bits per heavy atom. The van der Waals surface area contributed by atoms with E-state index in [1.54, 1.807) is 36.7 Å². The van der Waals surface area contributed by atoms with Crippen LogP contribution in [0.15, 0.2) is 48.8 Å². The molecule has 0 radical (unpaired) electrons. The van der Waals surface area contributed by atoms with E-state index in [2.05, 4.69) is 4.98 Å². The summed E-state index contributed by atoms with van der Waals surface area (Å²) in [6.07, 6.45) is 3.39. The van der Waals surface area contributed by atoms with E-state index in [0.717, 1.165) is 11.1 Å². The molecule has 0 aliphatic carbocycles. The van der Waals surface area contributed by atoms with Gasteiger partial charge in [0, 0.05) is 12.4 Å². The number of nitrogens with zero attached hydrogens (tertiary/aromatic N) is 1. The van der Waals surface area contributed by atoms with Gasteiger partial charge in [0.05, 0.1) is 11.6 Å². The van der Waals surface area contributed by atoms with Crippen molar-refractivity contribution in [2.24, 2.45) is 5.73 Å². The van der Waals surface area contributed by atoms with Crippen molar-refractivity contribution in [2.75, 3.05) is 0 Å². The number of carbonyl (C=O) groups is 1. The van der Waals surface area contributed by atoms with Crippen molar-refractivity contribution in [3.05, 3.63) is 65.5 Å². The van der Waals surface area contributed by atoms with E-state index in [9.17, 15) is 4.79 Å². The maximum absolute atomic E-state index is 10.7. The quantitative estimate of drug-likeness (QED) is 0.840. The molecule has 1 heterocycles. The van der Waals surface area contributed by atoms with Crippen LogP contribution in [-0.4, -0.2) is 16.1 Å². The van der Waals surface area contributed by atoms with E-state index in [-0.39, 0.29) is 11.6 Å². The second kappa shape index (κ2) is 4.76. The minimum Gasteiger partial charge on any atom is -0.478 e. The molecule has 0 saturated heterocycles. The lowest BCUT2D eigenvalue weighted by Crippen LogP contribution is -2.12. The summed E-state index contributed by atoms with van der Waals surface area (Å²) in [4.78, 5) is 14.7. The Labute approximate surface area is 98.7 Å². The maximum atomic E-state index is 10.7. The third-order valence-corrected chi connectivity index (χ3v) is 2.56. The van der Waals surface area contributed by atoms with E-state index in [1.807, 2.05) is 12.1 Å². The molecule has 2 rings (SSSR count). The van der Waals surface area contributed by atoms with Crippen molar-refractivity contribution in [2.45, 2.75) is 6.04 Å². The minimum absolute atomic E-state index is 0.257. The van der Waals surface area contributed by atoms with Crippen molar-refractivity contribution in [3.63, 3.8) is 0 Å². The number of rotatable bonds is 3. The van der Waals surface area contributed by atoms with Crippen LogP contribution in [0, 0.1) is 0 Å². The Hall–Kier alpha value is -2.20. The summed E-state index contributed by atoms with van der Waals surface area (Å²) in [5.74, 6) is -0.938. The van der Waals surface area contributed by atoms with Gasteiger partial charge in [-0.25, -0.2) is 4.79 Å². The van der Waals surface area contributed by atoms with Crippen molar-refractivity contribution in [1.29, 1.82) is 0 Å². The summed E-state index contributed by atoms with van der Waals surface area (Å²) < 4.78 is 0. The molecule has 1 aromatic heterocycles. The third kappa shape index (κ3) is 2.49. The van der Waals surface area contributed by atoms with Crippen molar-refractivity contribution >= 4 is 5.97 Å². The number of aromatic carboxylic acids is 1. The SMILES string of the molecule is NC(c1ccc(C(=O)O)cc1)c1cccnc1. The predicted molar refractivity (Wildman–Crippen MR) is 63.7 cm³/mol. The number of hydrogen-bond donors (Lipinski definition) is 2. The lowest BCUT2D eigenvalue weighted by atomic mass is 10.00. The molecular weight excluding hydrogens is 216 g/mol. The summed E-state index contributed by atoms with van der Waals surface area (Å²) >= 11 is 0. The Balaban J connectivity index is 2.26. The Morgan fingerprint density at radius 3 is 2.41 bits per heavy atom. The van der Waals surface area contributed by atoms with Crippen molar-refractivity contribution in [3.8, 4) is 0 Å². The van der Waals surface area contributed by atoms with Gasteiger partial charge in [0.15, 0.2) is 0 Å². The molecule has 0 fully saturated rings. The molecular formula is C13H12N2O2. The van der Waals surface area contributed by atoms with Gasteiger partial charge < -0.3 is 10.8 Å². The smallest absolute Gasteiger partial charge is 0.335 e. The lowest BCUT2D eigenvalue weighted by molar-refractivity contribution is 0.0697. The standard InChI is InChI=1S/C13H12N2O2/c14-12(11-2-1-7-15-8-11)9-3-5-10(6-4-9)13(16)17/h1-8,12H,14H2,(H,16,17). The fraction of sp³-hybridized carbons (Fsp3) is 0.0769. The van der Waals surface area contributed by atoms with Crippen LogP contribution in [0.25, 0.3) is 0 Å². The zero-order valence-corrected chi connectivity index (χ0v) is 9.08. The van der Waals surface area contributed by atoms with E-state index >= 15 is 0 Å². The molecule has 1 unspecified atom stereocenters. The molecule has 17 heavy (non-hydrogen) atoms. The van der Waals surface area contributed by atoms with E-state index in [1.165, 1.54) is 0 Å². The van der Waals surface area contributed by atoms with Crippen LogP contribution < -0.4 is 5.73 Å². The minimum atomic E-state index is -0.938. The van der Waals surface area contributed by atoms with Crippen LogP contribution in [0.3, 0.4) is 0 Å². The Kier molecular flexibility index (Phi) is 3.16. The van der Waals surface area contributed by atoms with Gasteiger partial charge in [-0.1, -0.05) is 18.2 Å². The molecule has 86 valence electrons. The zero-order valence-electron chi connectivity index (χ0n) is 9.08. The van der Waals surface area contributed by atoms with Gasteiger partial charge in [0.2, 0.25) is 0 Å². The van der Waals surface area contributed by atoms with Crippen LogP contribution in [0.5, 0.6) is 0 Å². The third-order valence-electron chi connectivity index (χ3n) is 2.56. The van der Waals surface area contributed by atoms with Crippen molar-refractivity contribution < 1.29 is 9.90 Å². The largest absolute Gasteiger partial charge is 0.478 e. The highest BCUT2D eigenvalue weighted by Gasteiger charge is 2.09. The van der Waals surface area contributed by atoms with Crippen LogP contribution in [0.2, 0.25) is 0 Å². The summed E-state index contributed by atoms with van der Waals surface area (Å²) in [5.41, 5.74) is 8.07. The number of carboxylic acid groups (broad SMARTS) is 1. The number of aromatic nitrogens is 1. The van der Waals surface area contributed by atoms with Crippen LogP contribution in [-0.2, 0) is 0 Å². The first-order valence-corrected chi connectivity index (χ1v) is 5.17. The highest BCUT2D eigenvalue weighted by Crippen LogP contribution is 2.18. The second-order valence-corrected chi connectivity index (χ2v) is 3.69. The highest BCUT2D eigenvalue weighted by atomic mass is 16.4. The summed E-state index contributed by atoms with van der Waals surface area (Å²) in [5, 5.41) is 8.79.